The van der Waals surface area contributed by atoms with E-state index in [0.29, 0.717) is 5.56 Å². The summed E-state index contributed by atoms with van der Waals surface area (Å²) in [5, 5.41) is 9.18. The molecule has 0 atom stereocenters. The Labute approximate surface area is 82.3 Å². The average molecular weight is 190 g/mol. The molecule has 0 radical (unpaired) electrons. The van der Waals surface area contributed by atoms with Gasteiger partial charge in [-0.25, -0.2) is 4.79 Å². The molecule has 72 valence electrons. The molecule has 1 rings (SSSR count). The molecule has 1 aromatic carbocycles. The summed E-state index contributed by atoms with van der Waals surface area (Å²) in [5.74, 6) is 4.45. The highest BCUT2D eigenvalue weighted by Crippen LogP contribution is 2.14. The Balaban J connectivity index is 3.00. The molecule has 0 fully saturated rings. The highest BCUT2D eigenvalue weighted by Gasteiger charge is 1.96. The van der Waals surface area contributed by atoms with Gasteiger partial charge in [0.2, 0.25) is 0 Å². The first-order valence-corrected chi connectivity index (χ1v) is 4.03. The molecule has 0 heterocycles. The van der Waals surface area contributed by atoms with E-state index in [4.69, 9.17) is 0 Å². The second kappa shape index (κ2) is 4.33. The number of methoxy groups -OCH3 is 1. The highest BCUT2D eigenvalue weighted by molar-refractivity contribution is 5.89. The minimum absolute atomic E-state index is 0.129. The summed E-state index contributed by atoms with van der Waals surface area (Å²) >= 11 is 0. The van der Waals surface area contributed by atoms with E-state index in [1.54, 1.807) is 12.1 Å². The van der Waals surface area contributed by atoms with Crippen LogP contribution in [0, 0.1) is 18.8 Å². The molecule has 1 N–H and O–H groups in total. The van der Waals surface area contributed by atoms with Crippen molar-refractivity contribution in [3.05, 3.63) is 29.3 Å². The van der Waals surface area contributed by atoms with Crippen molar-refractivity contribution in [2.45, 2.75) is 6.92 Å². The van der Waals surface area contributed by atoms with Gasteiger partial charge in [0.15, 0.2) is 0 Å². The zero-order chi connectivity index (χ0) is 10.6. The van der Waals surface area contributed by atoms with E-state index in [9.17, 15) is 9.90 Å². The molecule has 0 saturated heterocycles. The van der Waals surface area contributed by atoms with Crippen LogP contribution in [0.5, 0.6) is 5.75 Å². The maximum atomic E-state index is 10.7. The number of carbonyl (C=O) groups excluding carboxylic acids is 1. The number of benzene rings is 1. The van der Waals surface area contributed by atoms with Gasteiger partial charge in [0.25, 0.3) is 0 Å². The summed E-state index contributed by atoms with van der Waals surface area (Å²) in [5.41, 5.74) is 1.52. The zero-order valence-electron chi connectivity index (χ0n) is 8.00. The summed E-state index contributed by atoms with van der Waals surface area (Å²) in [7, 11) is 1.27. The molecule has 0 spiro atoms. The molecule has 14 heavy (non-hydrogen) atoms. The number of ether oxygens (including phenoxy) is 1. The molecule has 0 aliphatic heterocycles. The lowest BCUT2D eigenvalue weighted by Gasteiger charge is -1.97. The van der Waals surface area contributed by atoms with Crippen molar-refractivity contribution < 1.29 is 14.6 Å². The van der Waals surface area contributed by atoms with Gasteiger partial charge in [0.05, 0.1) is 7.11 Å². The fourth-order valence-corrected chi connectivity index (χ4v) is 0.914. The van der Waals surface area contributed by atoms with Crippen LogP contribution in [0.4, 0.5) is 0 Å². The largest absolute Gasteiger partial charge is 0.508 e. The Kier molecular flexibility index (Phi) is 3.14. The first-order valence-electron chi connectivity index (χ1n) is 4.03. The SMILES string of the molecule is COC(=O)C#Cc1cc(O)ccc1C. The van der Waals surface area contributed by atoms with Crippen LogP contribution in [0.3, 0.4) is 0 Å². The molecule has 0 saturated carbocycles. The Morgan fingerprint density at radius 2 is 2.21 bits per heavy atom. The first kappa shape index (κ1) is 10.1. The molecule has 1 aromatic rings. The summed E-state index contributed by atoms with van der Waals surface area (Å²) < 4.78 is 4.37. The van der Waals surface area contributed by atoms with Gasteiger partial charge in [0.1, 0.15) is 5.75 Å². The van der Waals surface area contributed by atoms with Crippen LogP contribution in [-0.4, -0.2) is 18.2 Å². The summed E-state index contributed by atoms with van der Waals surface area (Å²) in [4.78, 5) is 10.7. The summed E-state index contributed by atoms with van der Waals surface area (Å²) in [6.45, 7) is 1.85. The van der Waals surface area contributed by atoms with E-state index in [1.807, 2.05) is 6.92 Å². The van der Waals surface area contributed by atoms with E-state index in [1.165, 1.54) is 13.2 Å². The van der Waals surface area contributed by atoms with Gasteiger partial charge < -0.3 is 9.84 Å². The fraction of sp³-hybridized carbons (Fsp3) is 0.182. The average Bonchev–Trinajstić information content (AvgIpc) is 2.19. The van der Waals surface area contributed by atoms with Crippen molar-refractivity contribution >= 4 is 5.97 Å². The molecule has 0 aliphatic carbocycles. The summed E-state index contributed by atoms with van der Waals surface area (Å²) in [6.07, 6.45) is 0. The third-order valence-corrected chi connectivity index (χ3v) is 1.71. The first-order chi connectivity index (χ1) is 6.63. The number of aromatic hydroxyl groups is 1. The van der Waals surface area contributed by atoms with E-state index >= 15 is 0 Å². The number of hydrogen-bond acceptors (Lipinski definition) is 3. The molecular weight excluding hydrogens is 180 g/mol. The van der Waals surface area contributed by atoms with Gasteiger partial charge in [0, 0.05) is 11.5 Å². The maximum absolute atomic E-state index is 10.7. The van der Waals surface area contributed by atoms with Crippen molar-refractivity contribution in [3.63, 3.8) is 0 Å². The van der Waals surface area contributed by atoms with Crippen molar-refractivity contribution in [1.29, 1.82) is 0 Å². The normalized spacial score (nSPS) is 8.71. The quantitative estimate of drug-likeness (QED) is 0.494. The number of esters is 1. The topological polar surface area (TPSA) is 46.5 Å². The zero-order valence-corrected chi connectivity index (χ0v) is 8.00. The van der Waals surface area contributed by atoms with Gasteiger partial charge >= 0.3 is 5.97 Å². The molecule has 0 aromatic heterocycles. The third-order valence-electron chi connectivity index (χ3n) is 1.71. The lowest BCUT2D eigenvalue weighted by molar-refractivity contribution is -0.133. The molecular formula is C11H10O3. The molecule has 3 nitrogen and oxygen atoms in total. The predicted octanol–water partition coefficient (Wildman–Crippen LogP) is 1.23. The number of phenols is 1. The van der Waals surface area contributed by atoms with Crippen LogP contribution in [0.2, 0.25) is 0 Å². The minimum Gasteiger partial charge on any atom is -0.508 e. The molecule has 0 aliphatic rings. The van der Waals surface area contributed by atoms with Crippen LogP contribution in [-0.2, 0) is 9.53 Å². The van der Waals surface area contributed by atoms with Crippen molar-refractivity contribution in [1.82, 2.24) is 0 Å². The highest BCUT2D eigenvalue weighted by atomic mass is 16.5. The Morgan fingerprint density at radius 3 is 2.86 bits per heavy atom. The van der Waals surface area contributed by atoms with Crippen LogP contribution in [0.25, 0.3) is 0 Å². The fourth-order valence-electron chi connectivity index (χ4n) is 0.914. The molecule has 0 unspecified atom stereocenters. The van der Waals surface area contributed by atoms with Crippen LogP contribution in [0.15, 0.2) is 18.2 Å². The summed E-state index contributed by atoms with van der Waals surface area (Å²) in [6, 6.07) is 4.81. The number of rotatable bonds is 0. The van der Waals surface area contributed by atoms with Crippen LogP contribution < -0.4 is 0 Å². The van der Waals surface area contributed by atoms with Crippen LogP contribution >= 0.6 is 0 Å². The van der Waals surface area contributed by atoms with Crippen molar-refractivity contribution in [2.75, 3.05) is 7.11 Å². The van der Waals surface area contributed by atoms with E-state index in [0.717, 1.165) is 5.56 Å². The lowest BCUT2D eigenvalue weighted by Crippen LogP contribution is -1.94. The smallest absolute Gasteiger partial charge is 0.384 e. The Bertz CT molecular complexity index is 410. The number of phenolic OH excluding ortho intramolecular Hbond substituents is 1. The molecule has 0 amide bonds. The van der Waals surface area contributed by atoms with Crippen LogP contribution in [0.1, 0.15) is 11.1 Å². The number of aryl methyl sites for hydroxylation is 1. The molecule has 3 heteroatoms. The Hall–Kier alpha value is -1.95. The monoisotopic (exact) mass is 190 g/mol. The maximum Gasteiger partial charge on any atom is 0.384 e. The minimum atomic E-state index is -0.590. The van der Waals surface area contributed by atoms with Crippen molar-refractivity contribution in [2.24, 2.45) is 0 Å². The van der Waals surface area contributed by atoms with E-state index in [2.05, 4.69) is 16.6 Å². The lowest BCUT2D eigenvalue weighted by atomic mass is 10.1. The second-order valence-electron chi connectivity index (χ2n) is 2.74. The predicted molar refractivity (Wildman–Crippen MR) is 51.7 cm³/mol. The van der Waals surface area contributed by atoms with Gasteiger partial charge in [-0.05, 0) is 24.6 Å². The van der Waals surface area contributed by atoms with Gasteiger partial charge in [-0.1, -0.05) is 12.0 Å². The Morgan fingerprint density at radius 1 is 1.50 bits per heavy atom. The molecule has 0 bridgehead atoms. The van der Waals surface area contributed by atoms with Gasteiger partial charge in [-0.15, -0.1) is 0 Å². The van der Waals surface area contributed by atoms with E-state index < -0.39 is 5.97 Å². The van der Waals surface area contributed by atoms with Crippen molar-refractivity contribution in [3.8, 4) is 17.6 Å². The van der Waals surface area contributed by atoms with Gasteiger partial charge in [-0.3, -0.25) is 0 Å². The third kappa shape index (κ3) is 2.53. The second-order valence-corrected chi connectivity index (χ2v) is 2.74. The van der Waals surface area contributed by atoms with E-state index in [-0.39, 0.29) is 5.75 Å². The standard InChI is InChI=1S/C11H10O3/c1-8-3-5-10(12)7-9(8)4-6-11(13)14-2/h3,5,7,12H,1-2H3. The van der Waals surface area contributed by atoms with Gasteiger partial charge in [-0.2, -0.15) is 0 Å². The number of hydrogen-bond donors (Lipinski definition) is 1. The number of carbonyl (C=O) groups is 1.